The maximum atomic E-state index is 10.7. The highest BCUT2D eigenvalue weighted by Gasteiger charge is 2.11. The first kappa shape index (κ1) is 9.74. The molecule has 0 amide bonds. The first-order chi connectivity index (χ1) is 4.72. The summed E-state index contributed by atoms with van der Waals surface area (Å²) in [5, 5.41) is 0. The van der Waals surface area contributed by atoms with Crippen LogP contribution in [0.25, 0.3) is 0 Å². The second-order valence-electron chi connectivity index (χ2n) is 1.66. The third-order valence-electron chi connectivity index (χ3n) is 0.818. The minimum Gasteiger partial charge on any atom is -0.437 e. The summed E-state index contributed by atoms with van der Waals surface area (Å²) in [7, 11) is 1.43. The topological polar surface area (TPSA) is 61.5 Å². The Balaban J connectivity index is 3.42. The highest BCUT2D eigenvalue weighted by molar-refractivity contribution is 7.80. The third-order valence-corrected chi connectivity index (χ3v) is 1.21. The van der Waals surface area contributed by atoms with Crippen LogP contribution in [0.3, 0.4) is 0 Å². The lowest BCUT2D eigenvalue weighted by Gasteiger charge is -2.06. The molecule has 0 aliphatic heterocycles. The molecule has 1 atom stereocenters. The molecule has 0 aromatic carbocycles. The lowest BCUT2D eigenvalue weighted by atomic mass is 10.4. The Labute approximate surface area is 65.1 Å². The Hall–Kier alpha value is -0.260. The maximum Gasteiger partial charge on any atom is 0.325 e. The molecule has 0 saturated heterocycles. The SMILES string of the molecule is COCOC(=O)[C@@H](N)CS. The fourth-order valence-corrected chi connectivity index (χ4v) is 0.448. The van der Waals surface area contributed by atoms with Crippen LogP contribution >= 0.6 is 12.6 Å². The Morgan fingerprint density at radius 2 is 2.40 bits per heavy atom. The molecule has 0 aromatic rings. The van der Waals surface area contributed by atoms with Crippen molar-refractivity contribution < 1.29 is 14.3 Å². The molecule has 0 aliphatic carbocycles. The summed E-state index contributed by atoms with van der Waals surface area (Å²) in [6.45, 7) is -0.0552. The maximum absolute atomic E-state index is 10.7. The van der Waals surface area contributed by atoms with Gasteiger partial charge in [0.2, 0.25) is 0 Å². The average molecular weight is 165 g/mol. The molecule has 0 saturated carbocycles. The van der Waals surface area contributed by atoms with Crippen molar-refractivity contribution in [1.29, 1.82) is 0 Å². The van der Waals surface area contributed by atoms with Crippen molar-refractivity contribution in [2.75, 3.05) is 19.7 Å². The van der Waals surface area contributed by atoms with Crippen LogP contribution in [-0.4, -0.2) is 31.7 Å². The largest absolute Gasteiger partial charge is 0.437 e. The Morgan fingerprint density at radius 1 is 1.80 bits per heavy atom. The number of methoxy groups -OCH3 is 1. The van der Waals surface area contributed by atoms with Crippen molar-refractivity contribution >= 4 is 18.6 Å². The second kappa shape index (κ2) is 5.52. The van der Waals surface area contributed by atoms with Gasteiger partial charge in [0.25, 0.3) is 0 Å². The molecule has 0 rings (SSSR count). The quantitative estimate of drug-likeness (QED) is 0.331. The summed E-state index contributed by atoms with van der Waals surface area (Å²) in [5.74, 6) is -0.209. The van der Waals surface area contributed by atoms with Gasteiger partial charge in [-0.3, -0.25) is 4.79 Å². The van der Waals surface area contributed by atoms with Gasteiger partial charge in [-0.05, 0) is 0 Å². The second-order valence-corrected chi connectivity index (χ2v) is 2.02. The third kappa shape index (κ3) is 3.71. The van der Waals surface area contributed by atoms with Crippen LogP contribution in [-0.2, 0) is 14.3 Å². The number of carbonyl (C=O) groups excluding carboxylic acids is 1. The van der Waals surface area contributed by atoms with Crippen molar-refractivity contribution in [3.63, 3.8) is 0 Å². The monoisotopic (exact) mass is 165 g/mol. The van der Waals surface area contributed by atoms with Crippen molar-refractivity contribution in [1.82, 2.24) is 0 Å². The fourth-order valence-electron chi connectivity index (χ4n) is 0.299. The van der Waals surface area contributed by atoms with E-state index in [0.717, 1.165) is 0 Å². The molecular formula is C5H11NO3S. The van der Waals surface area contributed by atoms with Gasteiger partial charge in [0.1, 0.15) is 6.04 Å². The average Bonchev–Trinajstić information content (AvgIpc) is 1.98. The fraction of sp³-hybridized carbons (Fsp3) is 0.800. The molecule has 0 aliphatic rings. The van der Waals surface area contributed by atoms with E-state index in [-0.39, 0.29) is 12.5 Å². The lowest BCUT2D eigenvalue weighted by molar-refractivity contribution is -0.155. The molecule has 60 valence electrons. The number of esters is 1. The molecule has 0 unspecified atom stereocenters. The predicted octanol–water partition coefficient (Wildman–Crippen LogP) is -0.609. The zero-order valence-corrected chi connectivity index (χ0v) is 6.64. The van der Waals surface area contributed by atoms with Gasteiger partial charge in [-0.2, -0.15) is 12.6 Å². The van der Waals surface area contributed by atoms with E-state index in [1.54, 1.807) is 0 Å². The van der Waals surface area contributed by atoms with Crippen LogP contribution in [0.4, 0.5) is 0 Å². The standard InChI is InChI=1S/C5H11NO3S/c1-8-3-9-5(7)4(6)2-10/h4,10H,2-3,6H2,1H3/t4-/m0/s1. The van der Waals surface area contributed by atoms with Gasteiger partial charge in [-0.25, -0.2) is 0 Å². The Bertz CT molecular complexity index is 109. The molecule has 5 heteroatoms. The number of thiol groups is 1. The first-order valence-corrected chi connectivity index (χ1v) is 3.37. The van der Waals surface area contributed by atoms with E-state index in [4.69, 9.17) is 5.73 Å². The summed E-state index contributed by atoms with van der Waals surface area (Å²) in [5.41, 5.74) is 5.25. The summed E-state index contributed by atoms with van der Waals surface area (Å²) < 4.78 is 8.99. The Kier molecular flexibility index (Phi) is 5.38. The number of ether oxygens (including phenoxy) is 2. The molecule has 0 radical (unpaired) electrons. The van der Waals surface area contributed by atoms with E-state index in [9.17, 15) is 4.79 Å². The van der Waals surface area contributed by atoms with Gasteiger partial charge in [0, 0.05) is 12.9 Å². The molecule has 0 aromatic heterocycles. The molecule has 4 nitrogen and oxygen atoms in total. The van der Waals surface area contributed by atoms with Crippen LogP contribution in [0.1, 0.15) is 0 Å². The number of nitrogens with two attached hydrogens (primary N) is 1. The van der Waals surface area contributed by atoms with Crippen molar-refractivity contribution in [2.24, 2.45) is 5.73 Å². The van der Waals surface area contributed by atoms with Crippen LogP contribution in [0.5, 0.6) is 0 Å². The molecule has 2 N–H and O–H groups in total. The number of hydrogen-bond donors (Lipinski definition) is 2. The highest BCUT2D eigenvalue weighted by Crippen LogP contribution is 1.87. The van der Waals surface area contributed by atoms with Crippen LogP contribution in [0, 0.1) is 0 Å². The Morgan fingerprint density at radius 3 is 2.80 bits per heavy atom. The summed E-state index contributed by atoms with van der Waals surface area (Å²) in [6, 6.07) is -0.654. The first-order valence-electron chi connectivity index (χ1n) is 2.74. The zero-order chi connectivity index (χ0) is 7.98. The molecule has 0 heterocycles. The number of hydrogen-bond acceptors (Lipinski definition) is 5. The number of carbonyl (C=O) groups is 1. The van der Waals surface area contributed by atoms with Crippen LogP contribution < -0.4 is 5.73 Å². The van der Waals surface area contributed by atoms with E-state index < -0.39 is 12.0 Å². The van der Waals surface area contributed by atoms with E-state index in [1.165, 1.54) is 7.11 Å². The highest BCUT2D eigenvalue weighted by atomic mass is 32.1. The summed E-state index contributed by atoms with van der Waals surface area (Å²) in [4.78, 5) is 10.7. The molecule has 10 heavy (non-hydrogen) atoms. The summed E-state index contributed by atoms with van der Waals surface area (Å²) in [6.07, 6.45) is 0. The molecule has 0 bridgehead atoms. The van der Waals surface area contributed by atoms with E-state index in [2.05, 4.69) is 22.1 Å². The zero-order valence-electron chi connectivity index (χ0n) is 5.74. The molecule has 0 spiro atoms. The predicted molar refractivity (Wildman–Crippen MR) is 39.8 cm³/mol. The van der Waals surface area contributed by atoms with E-state index in [1.807, 2.05) is 0 Å². The van der Waals surface area contributed by atoms with E-state index >= 15 is 0 Å². The van der Waals surface area contributed by atoms with Crippen LogP contribution in [0.15, 0.2) is 0 Å². The smallest absolute Gasteiger partial charge is 0.325 e. The van der Waals surface area contributed by atoms with Gasteiger partial charge in [0.15, 0.2) is 6.79 Å². The number of rotatable bonds is 4. The van der Waals surface area contributed by atoms with Gasteiger partial charge < -0.3 is 15.2 Å². The van der Waals surface area contributed by atoms with Gasteiger partial charge >= 0.3 is 5.97 Å². The van der Waals surface area contributed by atoms with Gasteiger partial charge in [-0.1, -0.05) is 0 Å². The van der Waals surface area contributed by atoms with Gasteiger partial charge in [0.05, 0.1) is 0 Å². The van der Waals surface area contributed by atoms with Crippen molar-refractivity contribution in [3.05, 3.63) is 0 Å². The van der Waals surface area contributed by atoms with Crippen LogP contribution in [0.2, 0.25) is 0 Å². The minimum absolute atomic E-state index is 0.0552. The lowest BCUT2D eigenvalue weighted by Crippen LogP contribution is -2.34. The minimum atomic E-state index is -0.654. The summed E-state index contributed by atoms with van der Waals surface area (Å²) >= 11 is 3.81. The van der Waals surface area contributed by atoms with E-state index in [0.29, 0.717) is 0 Å². The normalized spacial score (nSPS) is 12.7. The van der Waals surface area contributed by atoms with Gasteiger partial charge in [-0.15, -0.1) is 0 Å². The molecular weight excluding hydrogens is 154 g/mol. The molecule has 0 fully saturated rings. The van der Waals surface area contributed by atoms with Crippen molar-refractivity contribution in [2.45, 2.75) is 6.04 Å². The van der Waals surface area contributed by atoms with Crippen molar-refractivity contribution in [3.8, 4) is 0 Å².